The second-order valence-electron chi connectivity index (χ2n) is 8.24. The van der Waals surface area contributed by atoms with E-state index in [0.29, 0.717) is 0 Å². The fraction of sp³-hybridized carbons (Fsp3) is 0.609. The molecule has 2 aliphatic rings. The molecule has 0 saturated carbocycles. The third kappa shape index (κ3) is 6.49. The molecule has 2 aliphatic heterocycles. The monoisotopic (exact) mass is 541 g/mol. The Hall–Kier alpha value is -1.52. The largest absolute Gasteiger partial charge is 0.468 e. The van der Waals surface area contributed by atoms with Crippen molar-refractivity contribution >= 4 is 29.9 Å². The molecular formula is C23H36IN5O2. The maximum Gasteiger partial charge on any atom is 0.191 e. The fourth-order valence-electron chi connectivity index (χ4n) is 4.67. The smallest absolute Gasteiger partial charge is 0.191 e. The quantitative estimate of drug-likeness (QED) is 0.299. The van der Waals surface area contributed by atoms with Crippen LogP contribution < -0.4 is 10.6 Å². The van der Waals surface area contributed by atoms with Crippen LogP contribution in [-0.4, -0.2) is 62.1 Å². The van der Waals surface area contributed by atoms with Crippen molar-refractivity contribution in [2.45, 2.75) is 44.2 Å². The van der Waals surface area contributed by atoms with Crippen molar-refractivity contribution in [2.24, 2.45) is 4.99 Å². The van der Waals surface area contributed by atoms with E-state index in [1.807, 2.05) is 19.2 Å². The number of furan rings is 2. The van der Waals surface area contributed by atoms with Crippen LogP contribution in [-0.2, 0) is 0 Å². The van der Waals surface area contributed by atoms with Crippen LogP contribution in [0.5, 0.6) is 0 Å². The molecule has 4 rings (SSSR count). The van der Waals surface area contributed by atoms with Gasteiger partial charge in [0.05, 0.1) is 24.6 Å². The molecule has 0 radical (unpaired) electrons. The average Bonchev–Trinajstić information content (AvgIpc) is 3.57. The van der Waals surface area contributed by atoms with Crippen molar-refractivity contribution in [3.8, 4) is 0 Å². The molecule has 7 nitrogen and oxygen atoms in total. The molecule has 2 unspecified atom stereocenters. The van der Waals surface area contributed by atoms with Gasteiger partial charge in [-0.05, 0) is 76.1 Å². The Morgan fingerprint density at radius 3 is 1.68 bits per heavy atom. The Labute approximate surface area is 202 Å². The number of piperidine rings is 1. The summed E-state index contributed by atoms with van der Waals surface area (Å²) >= 11 is 0. The molecule has 8 heteroatoms. The summed E-state index contributed by atoms with van der Waals surface area (Å²) in [4.78, 5) is 9.49. The lowest BCUT2D eigenvalue weighted by molar-refractivity contribution is 0.146. The van der Waals surface area contributed by atoms with Gasteiger partial charge < -0.3 is 19.5 Å². The van der Waals surface area contributed by atoms with Gasteiger partial charge in [-0.1, -0.05) is 6.42 Å². The van der Waals surface area contributed by atoms with Gasteiger partial charge in [0.15, 0.2) is 5.96 Å². The summed E-state index contributed by atoms with van der Waals surface area (Å²) in [6.07, 6.45) is 9.87. The molecule has 0 bridgehead atoms. The van der Waals surface area contributed by atoms with E-state index in [4.69, 9.17) is 8.83 Å². The molecule has 0 amide bonds. The first-order valence-corrected chi connectivity index (χ1v) is 11.3. The topological polar surface area (TPSA) is 69.2 Å². The summed E-state index contributed by atoms with van der Waals surface area (Å²) in [6.45, 7) is 6.01. The molecule has 2 fully saturated rings. The number of likely N-dealkylation sites (tertiary alicyclic amines) is 2. The van der Waals surface area contributed by atoms with Crippen LogP contribution in [0.1, 0.15) is 55.7 Å². The van der Waals surface area contributed by atoms with Gasteiger partial charge in [-0.15, -0.1) is 24.0 Å². The van der Waals surface area contributed by atoms with Gasteiger partial charge >= 0.3 is 0 Å². The van der Waals surface area contributed by atoms with Gasteiger partial charge in [0.25, 0.3) is 0 Å². The third-order valence-corrected chi connectivity index (χ3v) is 6.31. The fourth-order valence-corrected chi connectivity index (χ4v) is 4.67. The molecular weight excluding hydrogens is 505 g/mol. The summed E-state index contributed by atoms with van der Waals surface area (Å²) < 4.78 is 11.5. The van der Waals surface area contributed by atoms with E-state index in [1.54, 1.807) is 12.5 Å². The highest BCUT2D eigenvalue weighted by Gasteiger charge is 2.27. The Morgan fingerprint density at radius 1 is 0.839 bits per heavy atom. The van der Waals surface area contributed by atoms with E-state index in [-0.39, 0.29) is 36.1 Å². The zero-order valence-corrected chi connectivity index (χ0v) is 20.8. The number of hydrogen-bond acceptors (Lipinski definition) is 5. The molecule has 2 saturated heterocycles. The predicted molar refractivity (Wildman–Crippen MR) is 134 cm³/mol. The molecule has 31 heavy (non-hydrogen) atoms. The summed E-state index contributed by atoms with van der Waals surface area (Å²) in [7, 11) is 1.83. The first kappa shape index (κ1) is 24.1. The van der Waals surface area contributed by atoms with Crippen molar-refractivity contribution in [3.63, 3.8) is 0 Å². The highest BCUT2D eigenvalue weighted by molar-refractivity contribution is 14.0. The number of nitrogens with zero attached hydrogens (tertiary/aromatic N) is 3. The van der Waals surface area contributed by atoms with Crippen molar-refractivity contribution in [1.29, 1.82) is 0 Å². The molecule has 2 atom stereocenters. The Balaban J connectivity index is 0.00000272. The molecule has 2 N–H and O–H groups in total. The van der Waals surface area contributed by atoms with E-state index >= 15 is 0 Å². The number of halogens is 1. The van der Waals surface area contributed by atoms with Crippen LogP contribution in [0.15, 0.2) is 50.6 Å². The van der Waals surface area contributed by atoms with Crippen molar-refractivity contribution in [3.05, 3.63) is 48.3 Å². The zero-order chi connectivity index (χ0) is 20.6. The Bertz CT molecular complexity index is 753. The number of guanidine groups is 1. The molecule has 0 aromatic carbocycles. The van der Waals surface area contributed by atoms with Gasteiger partial charge in [-0.3, -0.25) is 14.8 Å². The van der Waals surface area contributed by atoms with E-state index in [2.05, 4.69) is 37.6 Å². The summed E-state index contributed by atoms with van der Waals surface area (Å²) in [5.41, 5.74) is 0. The third-order valence-electron chi connectivity index (χ3n) is 6.31. The molecule has 4 heterocycles. The Kier molecular flexibility index (Phi) is 9.73. The highest BCUT2D eigenvalue weighted by Crippen LogP contribution is 2.26. The maximum absolute atomic E-state index is 5.77. The first-order chi connectivity index (χ1) is 14.8. The molecule has 2 aromatic rings. The molecule has 0 spiro atoms. The van der Waals surface area contributed by atoms with Crippen LogP contribution in [0.4, 0.5) is 0 Å². The van der Waals surface area contributed by atoms with Gasteiger partial charge in [0, 0.05) is 20.1 Å². The minimum atomic E-state index is 0. The SMILES string of the molecule is CN=C(NCC(c1ccco1)N1CCCCC1)NCC(c1ccco1)N1CCCC1.I. The van der Waals surface area contributed by atoms with E-state index < -0.39 is 0 Å². The number of rotatable bonds is 8. The van der Waals surface area contributed by atoms with Gasteiger partial charge in [0.1, 0.15) is 11.5 Å². The van der Waals surface area contributed by atoms with Crippen LogP contribution in [0.2, 0.25) is 0 Å². The summed E-state index contributed by atoms with van der Waals surface area (Å²) in [6, 6.07) is 8.55. The number of aliphatic imine (C=N–C) groups is 1. The van der Waals surface area contributed by atoms with E-state index in [9.17, 15) is 0 Å². The zero-order valence-electron chi connectivity index (χ0n) is 18.5. The average molecular weight is 541 g/mol. The summed E-state index contributed by atoms with van der Waals surface area (Å²) in [5.74, 6) is 2.85. The second-order valence-corrected chi connectivity index (χ2v) is 8.24. The van der Waals surface area contributed by atoms with Crippen LogP contribution in [0.3, 0.4) is 0 Å². The van der Waals surface area contributed by atoms with Gasteiger partial charge in [0.2, 0.25) is 0 Å². The van der Waals surface area contributed by atoms with Crippen molar-refractivity contribution in [2.75, 3.05) is 46.3 Å². The molecule has 172 valence electrons. The van der Waals surface area contributed by atoms with Crippen molar-refractivity contribution in [1.82, 2.24) is 20.4 Å². The van der Waals surface area contributed by atoms with Gasteiger partial charge in [-0.25, -0.2) is 0 Å². The molecule has 0 aliphatic carbocycles. The van der Waals surface area contributed by atoms with Crippen molar-refractivity contribution < 1.29 is 8.83 Å². The van der Waals surface area contributed by atoms with Crippen LogP contribution >= 0.6 is 24.0 Å². The first-order valence-electron chi connectivity index (χ1n) is 11.3. The van der Waals surface area contributed by atoms with E-state index in [0.717, 1.165) is 56.7 Å². The molecule has 2 aromatic heterocycles. The second kappa shape index (κ2) is 12.5. The van der Waals surface area contributed by atoms with Crippen LogP contribution in [0.25, 0.3) is 0 Å². The van der Waals surface area contributed by atoms with Gasteiger partial charge in [-0.2, -0.15) is 0 Å². The number of hydrogen-bond donors (Lipinski definition) is 2. The van der Waals surface area contributed by atoms with Crippen LogP contribution in [0, 0.1) is 0 Å². The normalized spacial score (nSPS) is 20.2. The Morgan fingerprint density at radius 2 is 1.29 bits per heavy atom. The lowest BCUT2D eigenvalue weighted by Gasteiger charge is -2.34. The van der Waals surface area contributed by atoms with E-state index in [1.165, 1.54) is 32.1 Å². The minimum Gasteiger partial charge on any atom is -0.468 e. The highest BCUT2D eigenvalue weighted by atomic mass is 127. The predicted octanol–water partition coefficient (Wildman–Crippen LogP) is 4.02. The lowest BCUT2D eigenvalue weighted by atomic mass is 10.1. The number of nitrogens with one attached hydrogen (secondary N) is 2. The maximum atomic E-state index is 5.77. The lowest BCUT2D eigenvalue weighted by Crippen LogP contribution is -2.46. The minimum absolute atomic E-state index is 0. The standard InChI is InChI=1S/C23H35N5O2.HI/c1-24-23(26-18-20(22-10-8-16-30-22)28-13-5-6-14-28)25-17-19(21-9-7-15-29-21)27-11-3-2-4-12-27;/h7-10,15-16,19-20H,2-6,11-14,17-18H2,1H3,(H2,24,25,26);1H. The summed E-state index contributed by atoms with van der Waals surface area (Å²) in [5, 5.41) is 7.06.